The number of hydrogen-bond acceptors (Lipinski definition) is 3. The van der Waals surface area contributed by atoms with Gasteiger partial charge in [-0.25, -0.2) is 9.67 Å². The van der Waals surface area contributed by atoms with E-state index in [0.29, 0.717) is 43.4 Å². The maximum absolute atomic E-state index is 6.12. The van der Waals surface area contributed by atoms with Gasteiger partial charge in [0.05, 0.1) is 32.3 Å². The Bertz CT molecular complexity index is 960. The molecule has 0 saturated heterocycles. The maximum Gasteiger partial charge on any atom is 0.248 e. The molecular weight excluding hydrogens is 436 g/mol. The zero-order chi connectivity index (χ0) is 18.7. The molecule has 2 N–H and O–H groups in total. The smallest absolute Gasteiger partial charge is 0.248 e. The summed E-state index contributed by atoms with van der Waals surface area (Å²) in [7, 11) is 0. The lowest BCUT2D eigenvalue weighted by Gasteiger charge is -2.10. The van der Waals surface area contributed by atoms with Crippen molar-refractivity contribution >= 4 is 75.4 Å². The molecule has 0 saturated carbocycles. The summed E-state index contributed by atoms with van der Waals surface area (Å²) in [5, 5.41) is 12.3. The van der Waals surface area contributed by atoms with Crippen LogP contribution in [0, 0.1) is 0 Å². The van der Waals surface area contributed by atoms with Crippen molar-refractivity contribution in [3.8, 4) is 0 Å². The first-order valence-corrected chi connectivity index (χ1v) is 9.20. The van der Waals surface area contributed by atoms with Gasteiger partial charge in [0.1, 0.15) is 6.33 Å². The molecule has 26 heavy (non-hydrogen) atoms. The third kappa shape index (κ3) is 4.78. The molecular formula is C16H11Cl4N5S. The molecule has 0 radical (unpaired) electrons. The third-order valence-electron chi connectivity index (χ3n) is 3.29. The van der Waals surface area contributed by atoms with E-state index in [-0.39, 0.29) is 0 Å². The Balaban J connectivity index is 1.63. The van der Waals surface area contributed by atoms with E-state index in [0.717, 1.165) is 5.56 Å². The normalized spacial score (nSPS) is 10.6. The maximum atomic E-state index is 6.12. The van der Waals surface area contributed by atoms with Gasteiger partial charge in [-0.1, -0.05) is 58.5 Å². The Morgan fingerprint density at radius 2 is 1.81 bits per heavy atom. The number of nitrogens with zero attached hydrogens (tertiary/aromatic N) is 3. The van der Waals surface area contributed by atoms with Gasteiger partial charge in [-0.05, 0) is 42.0 Å². The van der Waals surface area contributed by atoms with E-state index >= 15 is 0 Å². The number of nitrogens with one attached hydrogen (secondary N) is 2. The summed E-state index contributed by atoms with van der Waals surface area (Å²) in [5.41, 5.74) is 1.54. The van der Waals surface area contributed by atoms with E-state index in [1.807, 2.05) is 6.07 Å². The average Bonchev–Trinajstić information content (AvgIpc) is 3.02. The van der Waals surface area contributed by atoms with Crippen LogP contribution in [0.5, 0.6) is 0 Å². The van der Waals surface area contributed by atoms with Gasteiger partial charge in [0.25, 0.3) is 0 Å². The van der Waals surface area contributed by atoms with E-state index in [4.69, 9.17) is 58.6 Å². The second-order valence-electron chi connectivity index (χ2n) is 5.19. The van der Waals surface area contributed by atoms with Gasteiger partial charge in [0.2, 0.25) is 5.95 Å². The van der Waals surface area contributed by atoms with Crippen LogP contribution in [0.25, 0.3) is 0 Å². The molecule has 1 aromatic heterocycles. The minimum absolute atomic E-state index is 0.293. The quantitative estimate of drug-likeness (QED) is 0.499. The largest absolute Gasteiger partial charge is 0.331 e. The zero-order valence-electron chi connectivity index (χ0n) is 13.0. The molecule has 0 fully saturated rings. The Morgan fingerprint density at radius 1 is 1.00 bits per heavy atom. The second-order valence-corrected chi connectivity index (χ2v) is 7.20. The molecule has 0 unspecified atom stereocenters. The van der Waals surface area contributed by atoms with Crippen LogP contribution in [-0.2, 0) is 6.54 Å². The molecule has 0 spiro atoms. The molecule has 0 aliphatic heterocycles. The molecule has 3 rings (SSSR count). The molecule has 0 amide bonds. The van der Waals surface area contributed by atoms with Crippen LogP contribution in [0.4, 0.5) is 11.6 Å². The number of halogens is 4. The van der Waals surface area contributed by atoms with Crippen LogP contribution in [0.1, 0.15) is 5.56 Å². The molecule has 0 aliphatic rings. The fraction of sp³-hybridized carbons (Fsp3) is 0.0625. The van der Waals surface area contributed by atoms with E-state index < -0.39 is 0 Å². The lowest BCUT2D eigenvalue weighted by Crippen LogP contribution is -2.20. The molecule has 0 bridgehead atoms. The highest BCUT2D eigenvalue weighted by Gasteiger charge is 2.08. The predicted molar refractivity (Wildman–Crippen MR) is 112 cm³/mol. The molecule has 134 valence electrons. The summed E-state index contributed by atoms with van der Waals surface area (Å²) in [4.78, 5) is 4.17. The van der Waals surface area contributed by atoms with Crippen LogP contribution in [-0.4, -0.2) is 19.9 Å². The van der Waals surface area contributed by atoms with E-state index in [1.54, 1.807) is 41.3 Å². The van der Waals surface area contributed by atoms with Gasteiger partial charge in [-0.2, -0.15) is 0 Å². The molecule has 3 aromatic rings. The summed E-state index contributed by atoms with van der Waals surface area (Å²) in [5.74, 6) is 0.348. The average molecular weight is 447 g/mol. The highest BCUT2D eigenvalue weighted by Crippen LogP contribution is 2.29. The Kier molecular flexibility index (Phi) is 6.21. The van der Waals surface area contributed by atoms with Crippen LogP contribution in [0.15, 0.2) is 42.7 Å². The Labute approximate surface area is 175 Å². The van der Waals surface area contributed by atoms with Crippen molar-refractivity contribution < 1.29 is 0 Å². The first-order valence-electron chi connectivity index (χ1n) is 7.28. The number of thiocarbonyl (C=S) groups is 1. The lowest BCUT2D eigenvalue weighted by atomic mass is 10.2. The van der Waals surface area contributed by atoms with Gasteiger partial charge in [-0.15, -0.1) is 5.10 Å². The lowest BCUT2D eigenvalue weighted by molar-refractivity contribution is 0.687. The predicted octanol–water partition coefficient (Wildman–Crippen LogP) is 5.75. The van der Waals surface area contributed by atoms with E-state index in [9.17, 15) is 0 Å². The number of rotatable bonds is 4. The molecule has 10 heteroatoms. The van der Waals surface area contributed by atoms with Gasteiger partial charge < -0.3 is 5.32 Å². The molecule has 5 nitrogen and oxygen atoms in total. The summed E-state index contributed by atoms with van der Waals surface area (Å²) in [6, 6.07) is 10.6. The standard InChI is InChI=1S/C16H11Cl4N5S/c17-10-5-4-9(6-12(10)19)7-25-8-21-15(24-25)23-16(26)22-13-3-1-2-11(18)14(13)20/h1-6,8H,7H2,(H2,22,23,24,26). The summed E-state index contributed by atoms with van der Waals surface area (Å²) in [6.07, 6.45) is 1.58. The third-order valence-corrected chi connectivity index (χ3v) is 5.05. The zero-order valence-corrected chi connectivity index (χ0v) is 16.9. The molecule has 0 atom stereocenters. The summed E-state index contributed by atoms with van der Waals surface area (Å²) in [6.45, 7) is 0.492. The van der Waals surface area contributed by atoms with Gasteiger partial charge in [0, 0.05) is 0 Å². The van der Waals surface area contributed by atoms with E-state index in [2.05, 4.69) is 20.7 Å². The second kappa shape index (κ2) is 8.41. The van der Waals surface area contributed by atoms with Crippen molar-refractivity contribution in [3.63, 3.8) is 0 Å². The summed E-state index contributed by atoms with van der Waals surface area (Å²) >= 11 is 29.3. The number of anilines is 2. The van der Waals surface area contributed by atoms with Gasteiger partial charge >= 0.3 is 0 Å². The number of hydrogen-bond donors (Lipinski definition) is 2. The van der Waals surface area contributed by atoms with Crippen molar-refractivity contribution in [1.29, 1.82) is 0 Å². The van der Waals surface area contributed by atoms with Gasteiger partial charge in [-0.3, -0.25) is 5.32 Å². The first kappa shape index (κ1) is 19.2. The fourth-order valence-electron chi connectivity index (χ4n) is 2.11. The van der Waals surface area contributed by atoms with Crippen molar-refractivity contribution in [3.05, 3.63) is 68.4 Å². The Morgan fingerprint density at radius 3 is 2.58 bits per heavy atom. The SMILES string of the molecule is S=C(Nc1ncn(Cc2ccc(Cl)c(Cl)c2)n1)Nc1cccc(Cl)c1Cl. The van der Waals surface area contributed by atoms with E-state index in [1.165, 1.54) is 0 Å². The van der Waals surface area contributed by atoms with Crippen LogP contribution in [0.3, 0.4) is 0 Å². The highest BCUT2D eigenvalue weighted by atomic mass is 35.5. The van der Waals surface area contributed by atoms with Crippen LogP contribution in [0.2, 0.25) is 20.1 Å². The highest BCUT2D eigenvalue weighted by molar-refractivity contribution is 7.80. The minimum atomic E-state index is 0.293. The first-order chi connectivity index (χ1) is 12.4. The van der Waals surface area contributed by atoms with Gasteiger partial charge in [0.15, 0.2) is 5.11 Å². The monoisotopic (exact) mass is 445 g/mol. The molecule has 2 aromatic carbocycles. The minimum Gasteiger partial charge on any atom is -0.331 e. The number of aromatic nitrogens is 3. The Hall–Kier alpha value is -1.57. The van der Waals surface area contributed by atoms with Crippen molar-refractivity contribution in [1.82, 2.24) is 14.8 Å². The van der Waals surface area contributed by atoms with Crippen molar-refractivity contribution in [2.75, 3.05) is 10.6 Å². The van der Waals surface area contributed by atoms with Crippen LogP contribution >= 0.6 is 58.6 Å². The summed E-state index contributed by atoms with van der Waals surface area (Å²) < 4.78 is 1.65. The number of benzene rings is 2. The fourth-order valence-corrected chi connectivity index (χ4v) is 2.98. The van der Waals surface area contributed by atoms with Crippen molar-refractivity contribution in [2.24, 2.45) is 0 Å². The van der Waals surface area contributed by atoms with Crippen LogP contribution < -0.4 is 10.6 Å². The van der Waals surface area contributed by atoms with Crippen molar-refractivity contribution in [2.45, 2.75) is 6.54 Å². The molecule has 0 aliphatic carbocycles. The topological polar surface area (TPSA) is 54.8 Å². The molecule has 1 heterocycles.